The summed E-state index contributed by atoms with van der Waals surface area (Å²) < 4.78 is 24.6. The average molecular weight is 269 g/mol. The number of rotatable bonds is 2. The first-order valence-corrected chi connectivity index (χ1v) is 7.74. The standard InChI is InChI=1S/C11H13NO3S.C2H6/c1-16(14,15)12-7-9(8-13)6-10-4-2-3-5-11(10)12;1-2/h2-6,13H,7-8H2,1H3;1-2H3. The van der Waals surface area contributed by atoms with E-state index in [0.717, 1.165) is 5.56 Å². The Morgan fingerprint density at radius 3 is 2.44 bits per heavy atom. The van der Waals surface area contributed by atoms with Crippen molar-refractivity contribution in [3.63, 3.8) is 0 Å². The zero-order chi connectivity index (χ0) is 13.8. The van der Waals surface area contributed by atoms with Crippen molar-refractivity contribution >= 4 is 21.8 Å². The van der Waals surface area contributed by atoms with Gasteiger partial charge in [0.1, 0.15) is 0 Å². The van der Waals surface area contributed by atoms with Crippen molar-refractivity contribution in [3.8, 4) is 0 Å². The first-order valence-electron chi connectivity index (χ1n) is 5.89. The number of hydrogen-bond acceptors (Lipinski definition) is 3. The number of hydrogen-bond donors (Lipinski definition) is 1. The van der Waals surface area contributed by atoms with Gasteiger partial charge in [-0.2, -0.15) is 0 Å². The van der Waals surface area contributed by atoms with Crippen LogP contribution in [0.1, 0.15) is 19.4 Å². The number of para-hydroxylation sites is 1. The molecule has 1 heterocycles. The van der Waals surface area contributed by atoms with Gasteiger partial charge in [-0.1, -0.05) is 32.0 Å². The van der Waals surface area contributed by atoms with Crippen molar-refractivity contribution in [2.24, 2.45) is 0 Å². The van der Waals surface area contributed by atoms with Crippen LogP contribution < -0.4 is 4.31 Å². The molecule has 0 amide bonds. The third-order valence-electron chi connectivity index (χ3n) is 2.52. The minimum absolute atomic E-state index is 0.125. The van der Waals surface area contributed by atoms with Crippen molar-refractivity contribution in [1.29, 1.82) is 0 Å². The normalized spacial score (nSPS) is 14.2. The second-order valence-electron chi connectivity index (χ2n) is 3.79. The van der Waals surface area contributed by atoms with Crippen LogP contribution in [0.25, 0.3) is 6.08 Å². The van der Waals surface area contributed by atoms with E-state index in [1.165, 1.54) is 10.6 Å². The minimum Gasteiger partial charge on any atom is -0.392 e. The highest BCUT2D eigenvalue weighted by Gasteiger charge is 2.23. The third-order valence-corrected chi connectivity index (χ3v) is 3.64. The summed E-state index contributed by atoms with van der Waals surface area (Å²) in [4.78, 5) is 0. The second kappa shape index (κ2) is 6.02. The van der Waals surface area contributed by atoms with Gasteiger partial charge in [-0.25, -0.2) is 8.42 Å². The van der Waals surface area contributed by atoms with E-state index in [-0.39, 0.29) is 13.2 Å². The topological polar surface area (TPSA) is 57.6 Å². The van der Waals surface area contributed by atoms with Crippen LogP contribution in [0.5, 0.6) is 0 Å². The summed E-state index contributed by atoms with van der Waals surface area (Å²) in [6.45, 7) is 4.10. The van der Waals surface area contributed by atoms with Gasteiger partial charge >= 0.3 is 0 Å². The van der Waals surface area contributed by atoms with Crippen LogP contribution in [0, 0.1) is 0 Å². The van der Waals surface area contributed by atoms with Crippen molar-refractivity contribution in [3.05, 3.63) is 35.4 Å². The van der Waals surface area contributed by atoms with E-state index in [0.29, 0.717) is 11.3 Å². The lowest BCUT2D eigenvalue weighted by molar-refractivity contribution is 0.330. The predicted octanol–water partition coefficient (Wildman–Crippen LogP) is 1.87. The van der Waals surface area contributed by atoms with E-state index in [9.17, 15) is 8.42 Å². The van der Waals surface area contributed by atoms with Gasteiger partial charge in [0.25, 0.3) is 0 Å². The highest BCUT2D eigenvalue weighted by molar-refractivity contribution is 7.92. The number of aliphatic hydroxyl groups excluding tert-OH is 1. The summed E-state index contributed by atoms with van der Waals surface area (Å²) in [6.07, 6.45) is 3.00. The molecule has 0 fully saturated rings. The molecule has 2 rings (SSSR count). The summed E-state index contributed by atoms with van der Waals surface area (Å²) in [7, 11) is -3.30. The lowest BCUT2D eigenvalue weighted by atomic mass is 10.1. The number of sulfonamides is 1. The molecule has 5 heteroatoms. The first kappa shape index (κ1) is 14.7. The molecule has 0 spiro atoms. The molecule has 0 unspecified atom stereocenters. The van der Waals surface area contributed by atoms with Gasteiger partial charge in [-0.05, 0) is 23.3 Å². The molecular weight excluding hydrogens is 250 g/mol. The lowest BCUT2D eigenvalue weighted by Crippen LogP contribution is -2.34. The average Bonchev–Trinajstić information content (AvgIpc) is 2.38. The second-order valence-corrected chi connectivity index (χ2v) is 5.70. The van der Waals surface area contributed by atoms with Crippen LogP contribution in [0.3, 0.4) is 0 Å². The molecule has 0 aromatic heterocycles. The Morgan fingerprint density at radius 1 is 1.28 bits per heavy atom. The number of nitrogens with zero attached hydrogens (tertiary/aromatic N) is 1. The molecule has 1 N–H and O–H groups in total. The van der Waals surface area contributed by atoms with Gasteiger partial charge in [0.05, 0.1) is 25.1 Å². The van der Waals surface area contributed by atoms with E-state index < -0.39 is 10.0 Å². The fourth-order valence-corrected chi connectivity index (χ4v) is 2.69. The molecule has 1 aliphatic rings. The quantitative estimate of drug-likeness (QED) is 0.891. The number of benzene rings is 1. The summed E-state index contributed by atoms with van der Waals surface area (Å²) in [5.74, 6) is 0. The lowest BCUT2D eigenvalue weighted by Gasteiger charge is -2.28. The predicted molar refractivity (Wildman–Crippen MR) is 75.0 cm³/mol. The van der Waals surface area contributed by atoms with Gasteiger partial charge in [-0.3, -0.25) is 4.31 Å². The van der Waals surface area contributed by atoms with E-state index in [4.69, 9.17) is 5.11 Å². The highest BCUT2D eigenvalue weighted by atomic mass is 32.2. The number of aliphatic hydroxyl groups is 1. The molecule has 0 bridgehead atoms. The first-order chi connectivity index (χ1) is 8.52. The van der Waals surface area contributed by atoms with Crippen molar-refractivity contribution in [2.75, 3.05) is 23.7 Å². The monoisotopic (exact) mass is 269 g/mol. The van der Waals surface area contributed by atoms with Crippen LogP contribution >= 0.6 is 0 Å². The van der Waals surface area contributed by atoms with Gasteiger partial charge in [0.2, 0.25) is 10.0 Å². The number of anilines is 1. The Kier molecular flexibility index (Phi) is 4.93. The van der Waals surface area contributed by atoms with Crippen molar-refractivity contribution in [1.82, 2.24) is 0 Å². The maximum atomic E-state index is 11.6. The van der Waals surface area contributed by atoms with E-state index in [1.807, 2.05) is 32.1 Å². The van der Waals surface area contributed by atoms with E-state index >= 15 is 0 Å². The third kappa shape index (κ3) is 3.11. The molecule has 1 aromatic rings. The molecule has 0 aliphatic carbocycles. The SMILES string of the molecule is CC.CS(=O)(=O)N1CC(CO)=Cc2ccccc21. The van der Waals surface area contributed by atoms with Crippen LogP contribution in [0.15, 0.2) is 29.8 Å². The molecule has 100 valence electrons. The van der Waals surface area contributed by atoms with Gasteiger partial charge in [0.15, 0.2) is 0 Å². The van der Waals surface area contributed by atoms with Crippen molar-refractivity contribution in [2.45, 2.75) is 13.8 Å². The molecule has 1 aliphatic heterocycles. The largest absolute Gasteiger partial charge is 0.392 e. The fourth-order valence-electron chi connectivity index (χ4n) is 1.76. The van der Waals surface area contributed by atoms with Gasteiger partial charge in [-0.15, -0.1) is 0 Å². The van der Waals surface area contributed by atoms with Crippen LogP contribution in [-0.4, -0.2) is 32.9 Å². The highest BCUT2D eigenvalue weighted by Crippen LogP contribution is 2.29. The summed E-state index contributed by atoms with van der Waals surface area (Å²) >= 11 is 0. The Morgan fingerprint density at radius 2 is 1.89 bits per heavy atom. The molecule has 1 aromatic carbocycles. The molecule has 0 saturated heterocycles. The summed E-state index contributed by atoms with van der Waals surface area (Å²) in [6, 6.07) is 7.24. The molecule has 0 atom stereocenters. The number of fused-ring (bicyclic) bond motifs is 1. The van der Waals surface area contributed by atoms with E-state index in [2.05, 4.69) is 0 Å². The fraction of sp³-hybridized carbons (Fsp3) is 0.385. The zero-order valence-electron chi connectivity index (χ0n) is 10.9. The van der Waals surface area contributed by atoms with Crippen molar-refractivity contribution < 1.29 is 13.5 Å². The van der Waals surface area contributed by atoms with Gasteiger partial charge < -0.3 is 5.11 Å². The Bertz CT molecular complexity index is 535. The molecule has 0 radical (unpaired) electrons. The summed E-state index contributed by atoms with van der Waals surface area (Å²) in [5, 5.41) is 9.11. The summed E-state index contributed by atoms with van der Waals surface area (Å²) in [5.41, 5.74) is 2.19. The molecule has 4 nitrogen and oxygen atoms in total. The minimum atomic E-state index is -3.30. The Hall–Kier alpha value is -1.33. The van der Waals surface area contributed by atoms with Crippen LogP contribution in [-0.2, 0) is 10.0 Å². The smallest absolute Gasteiger partial charge is 0.232 e. The Balaban J connectivity index is 0.000000771. The van der Waals surface area contributed by atoms with E-state index in [1.54, 1.807) is 12.1 Å². The van der Waals surface area contributed by atoms with Crippen LogP contribution in [0.2, 0.25) is 0 Å². The van der Waals surface area contributed by atoms with Crippen LogP contribution in [0.4, 0.5) is 5.69 Å². The van der Waals surface area contributed by atoms with Gasteiger partial charge in [0, 0.05) is 0 Å². The molecular formula is C13H19NO3S. The zero-order valence-corrected chi connectivity index (χ0v) is 11.7. The maximum absolute atomic E-state index is 11.6. The molecule has 0 saturated carbocycles. The Labute approximate surface area is 109 Å². The maximum Gasteiger partial charge on any atom is 0.232 e. The molecule has 18 heavy (non-hydrogen) atoms.